The van der Waals surface area contributed by atoms with Crippen molar-refractivity contribution in [3.8, 4) is 0 Å². The van der Waals surface area contributed by atoms with Gasteiger partial charge in [0, 0.05) is 27.1 Å². The molecule has 0 bridgehead atoms. The Morgan fingerprint density at radius 3 is 2.65 bits per heavy atom. The molecule has 4 heteroatoms. The zero-order chi connectivity index (χ0) is 16.4. The number of hydrogen-bond donors (Lipinski definition) is 1. The van der Waals surface area contributed by atoms with Gasteiger partial charge in [0.2, 0.25) is 0 Å². The normalized spacial score (nSPS) is 11.3. The minimum absolute atomic E-state index is 0.158. The van der Waals surface area contributed by atoms with Crippen molar-refractivity contribution in [2.45, 2.75) is 24.8 Å². The molecular weight excluding hydrogens is 307 g/mol. The van der Waals surface area contributed by atoms with Crippen molar-refractivity contribution in [2.75, 3.05) is 12.8 Å². The summed E-state index contributed by atoms with van der Waals surface area (Å²) in [5.41, 5.74) is 10.1. The van der Waals surface area contributed by atoms with Gasteiger partial charge in [0.1, 0.15) is 5.82 Å². The number of fused-ring (bicyclic) bond motifs is 1. The van der Waals surface area contributed by atoms with Crippen molar-refractivity contribution < 1.29 is 4.39 Å². The van der Waals surface area contributed by atoms with Crippen LogP contribution in [0.5, 0.6) is 0 Å². The number of hydrogen-bond acceptors (Lipinski definition) is 2. The van der Waals surface area contributed by atoms with Gasteiger partial charge in [0.25, 0.3) is 0 Å². The highest BCUT2D eigenvalue weighted by atomic mass is 32.2. The summed E-state index contributed by atoms with van der Waals surface area (Å²) in [6, 6.07) is 13.4. The van der Waals surface area contributed by atoms with E-state index in [0.717, 1.165) is 11.9 Å². The van der Waals surface area contributed by atoms with Crippen LogP contribution in [-0.4, -0.2) is 17.4 Å². The van der Waals surface area contributed by atoms with Crippen molar-refractivity contribution in [1.82, 2.24) is 4.57 Å². The molecule has 0 spiro atoms. The van der Waals surface area contributed by atoms with Gasteiger partial charge >= 0.3 is 0 Å². The molecule has 2 aromatic carbocycles. The van der Waals surface area contributed by atoms with Gasteiger partial charge in [-0.05, 0) is 56.0 Å². The Kier molecular flexibility index (Phi) is 4.74. The van der Waals surface area contributed by atoms with E-state index in [1.165, 1.54) is 27.6 Å². The van der Waals surface area contributed by atoms with Crippen molar-refractivity contribution in [3.05, 3.63) is 65.1 Å². The molecule has 0 amide bonds. The lowest BCUT2D eigenvalue weighted by atomic mass is 10.1. The predicted octanol–water partition coefficient (Wildman–Crippen LogP) is 4.36. The Bertz CT molecular complexity index is 839. The molecule has 0 aliphatic carbocycles. The third-order valence-corrected chi connectivity index (χ3v) is 5.07. The maximum atomic E-state index is 14.0. The van der Waals surface area contributed by atoms with E-state index in [-0.39, 0.29) is 5.82 Å². The first kappa shape index (κ1) is 16.1. The molecule has 1 heterocycles. The fourth-order valence-corrected chi connectivity index (χ4v) is 3.56. The van der Waals surface area contributed by atoms with Crippen LogP contribution in [0.25, 0.3) is 10.9 Å². The van der Waals surface area contributed by atoms with E-state index in [0.29, 0.717) is 18.7 Å². The molecule has 0 unspecified atom stereocenters. The quantitative estimate of drug-likeness (QED) is 0.706. The van der Waals surface area contributed by atoms with Gasteiger partial charge in [0.05, 0.1) is 6.54 Å². The molecule has 0 atom stereocenters. The summed E-state index contributed by atoms with van der Waals surface area (Å²) < 4.78 is 16.2. The van der Waals surface area contributed by atoms with Crippen LogP contribution in [-0.2, 0) is 13.0 Å². The van der Waals surface area contributed by atoms with Gasteiger partial charge in [-0.15, -0.1) is 11.8 Å². The number of aromatic nitrogens is 1. The Labute approximate surface area is 140 Å². The maximum absolute atomic E-state index is 14.0. The van der Waals surface area contributed by atoms with Crippen molar-refractivity contribution in [3.63, 3.8) is 0 Å². The molecule has 0 saturated heterocycles. The highest BCUT2D eigenvalue weighted by Gasteiger charge is 2.15. The lowest BCUT2D eigenvalue weighted by Crippen LogP contribution is -2.06. The maximum Gasteiger partial charge on any atom is 0.128 e. The highest BCUT2D eigenvalue weighted by Crippen LogP contribution is 2.30. The summed E-state index contributed by atoms with van der Waals surface area (Å²) in [4.78, 5) is 1.24. The zero-order valence-electron chi connectivity index (χ0n) is 13.5. The molecule has 0 aliphatic rings. The first-order valence-electron chi connectivity index (χ1n) is 7.75. The first-order chi connectivity index (χ1) is 11.2. The molecule has 120 valence electrons. The topological polar surface area (TPSA) is 30.9 Å². The molecule has 23 heavy (non-hydrogen) atoms. The lowest BCUT2D eigenvalue weighted by Gasteiger charge is -2.10. The van der Waals surface area contributed by atoms with Crippen molar-refractivity contribution >= 4 is 22.7 Å². The number of halogens is 1. The van der Waals surface area contributed by atoms with Crippen LogP contribution in [0.2, 0.25) is 0 Å². The summed E-state index contributed by atoms with van der Waals surface area (Å²) in [5, 5.41) is 1.23. The van der Waals surface area contributed by atoms with E-state index in [9.17, 15) is 4.39 Å². The minimum Gasteiger partial charge on any atom is -0.340 e. The summed E-state index contributed by atoms with van der Waals surface area (Å²) >= 11 is 1.73. The number of benzene rings is 2. The van der Waals surface area contributed by atoms with E-state index in [1.54, 1.807) is 17.8 Å². The van der Waals surface area contributed by atoms with E-state index in [1.807, 2.05) is 12.1 Å². The first-order valence-corrected chi connectivity index (χ1v) is 8.97. The summed E-state index contributed by atoms with van der Waals surface area (Å²) in [5.74, 6) is -0.158. The van der Waals surface area contributed by atoms with E-state index >= 15 is 0 Å². The Balaban J connectivity index is 2.16. The van der Waals surface area contributed by atoms with Crippen LogP contribution >= 0.6 is 11.8 Å². The molecule has 2 N–H and O–H groups in total. The SMILES string of the molecule is CSc1ccc2c(c1)c(CCN)c(C)n2Cc1ccccc1F. The van der Waals surface area contributed by atoms with Gasteiger partial charge in [-0.25, -0.2) is 4.39 Å². The molecule has 1 aromatic heterocycles. The number of nitrogens with two attached hydrogens (primary N) is 1. The van der Waals surface area contributed by atoms with Crippen LogP contribution in [0.15, 0.2) is 47.4 Å². The van der Waals surface area contributed by atoms with Crippen molar-refractivity contribution in [1.29, 1.82) is 0 Å². The minimum atomic E-state index is -0.158. The van der Waals surface area contributed by atoms with Crippen LogP contribution in [0.3, 0.4) is 0 Å². The van der Waals surface area contributed by atoms with E-state index in [4.69, 9.17) is 5.73 Å². The molecule has 0 radical (unpaired) electrons. The van der Waals surface area contributed by atoms with Gasteiger partial charge in [-0.3, -0.25) is 0 Å². The van der Waals surface area contributed by atoms with Gasteiger partial charge in [0.15, 0.2) is 0 Å². The Morgan fingerprint density at radius 2 is 1.96 bits per heavy atom. The average Bonchev–Trinajstić information content (AvgIpc) is 2.82. The van der Waals surface area contributed by atoms with Crippen LogP contribution < -0.4 is 5.73 Å². The van der Waals surface area contributed by atoms with E-state index < -0.39 is 0 Å². The number of nitrogens with zero attached hydrogens (tertiary/aromatic N) is 1. The molecule has 0 aliphatic heterocycles. The van der Waals surface area contributed by atoms with Crippen LogP contribution in [0, 0.1) is 12.7 Å². The number of thioether (sulfide) groups is 1. The fourth-order valence-electron chi connectivity index (χ4n) is 3.12. The molecule has 0 saturated carbocycles. The second kappa shape index (κ2) is 6.77. The molecule has 0 fully saturated rings. The van der Waals surface area contributed by atoms with Crippen LogP contribution in [0.4, 0.5) is 4.39 Å². The second-order valence-electron chi connectivity index (χ2n) is 5.66. The second-order valence-corrected chi connectivity index (χ2v) is 6.54. The van der Waals surface area contributed by atoms with Crippen LogP contribution in [0.1, 0.15) is 16.8 Å². The molecule has 3 aromatic rings. The highest BCUT2D eigenvalue weighted by molar-refractivity contribution is 7.98. The Hall–Kier alpha value is -1.78. The predicted molar refractivity (Wildman–Crippen MR) is 96.7 cm³/mol. The van der Waals surface area contributed by atoms with Crippen molar-refractivity contribution in [2.24, 2.45) is 5.73 Å². The van der Waals surface area contributed by atoms with Gasteiger partial charge in [-0.2, -0.15) is 0 Å². The lowest BCUT2D eigenvalue weighted by molar-refractivity contribution is 0.600. The van der Waals surface area contributed by atoms with Gasteiger partial charge < -0.3 is 10.3 Å². The molecule has 3 rings (SSSR count). The molecule has 2 nitrogen and oxygen atoms in total. The molecular formula is C19H21FN2S. The smallest absolute Gasteiger partial charge is 0.128 e. The fraction of sp³-hybridized carbons (Fsp3) is 0.263. The largest absolute Gasteiger partial charge is 0.340 e. The van der Waals surface area contributed by atoms with E-state index in [2.05, 4.69) is 35.9 Å². The summed E-state index contributed by atoms with van der Waals surface area (Å²) in [6.45, 7) is 3.26. The monoisotopic (exact) mass is 328 g/mol. The van der Waals surface area contributed by atoms with Gasteiger partial charge in [-0.1, -0.05) is 18.2 Å². The third-order valence-electron chi connectivity index (χ3n) is 4.34. The Morgan fingerprint density at radius 1 is 1.17 bits per heavy atom. The number of rotatable bonds is 5. The summed E-state index contributed by atoms with van der Waals surface area (Å²) in [7, 11) is 0. The third kappa shape index (κ3) is 3.01. The zero-order valence-corrected chi connectivity index (χ0v) is 14.3. The average molecular weight is 328 g/mol. The standard InChI is InChI=1S/C19H21FN2S/c1-13-16(9-10-21)17-11-15(23-2)7-8-19(17)22(13)12-14-5-3-4-6-18(14)20/h3-8,11H,9-10,12,21H2,1-2H3. The summed E-state index contributed by atoms with van der Waals surface area (Å²) in [6.07, 6.45) is 2.91.